The minimum atomic E-state index is 0.427. The van der Waals surface area contributed by atoms with Gasteiger partial charge in [0.25, 0.3) is 0 Å². The Morgan fingerprint density at radius 2 is 1.88 bits per heavy atom. The van der Waals surface area contributed by atoms with Gasteiger partial charge in [-0.3, -0.25) is 0 Å². The summed E-state index contributed by atoms with van der Waals surface area (Å²) in [6, 6.07) is 0. The van der Waals surface area contributed by atoms with E-state index in [9.17, 15) is 0 Å². The predicted molar refractivity (Wildman–Crippen MR) is 76.1 cm³/mol. The number of unbranched alkanes of at least 4 members (excludes halogenated alkanes) is 1. The van der Waals surface area contributed by atoms with E-state index < -0.39 is 0 Å². The largest absolute Gasteiger partial charge is 0.330 e. The summed E-state index contributed by atoms with van der Waals surface area (Å²) in [5, 5.41) is 0. The van der Waals surface area contributed by atoms with Crippen LogP contribution in [0.15, 0.2) is 0 Å². The predicted octanol–water partition coefficient (Wildman–Crippen LogP) is 3.26. The molecule has 0 spiro atoms. The molecule has 0 bridgehead atoms. The van der Waals surface area contributed by atoms with Gasteiger partial charge in [-0.25, -0.2) is 0 Å². The van der Waals surface area contributed by atoms with E-state index >= 15 is 0 Å². The first-order valence-corrected chi connectivity index (χ1v) is 7.58. The number of hydrogen-bond acceptors (Lipinski definition) is 2. The van der Waals surface area contributed by atoms with Crippen molar-refractivity contribution in [1.29, 1.82) is 0 Å². The quantitative estimate of drug-likeness (QED) is 0.740. The minimum absolute atomic E-state index is 0.427. The summed E-state index contributed by atoms with van der Waals surface area (Å²) in [4.78, 5) is 2.62. The van der Waals surface area contributed by atoms with Crippen molar-refractivity contribution in [2.75, 3.05) is 26.2 Å². The summed E-state index contributed by atoms with van der Waals surface area (Å²) in [6.07, 6.45) is 8.06. The van der Waals surface area contributed by atoms with Crippen molar-refractivity contribution in [3.63, 3.8) is 0 Å². The van der Waals surface area contributed by atoms with Crippen molar-refractivity contribution in [1.82, 2.24) is 4.90 Å². The van der Waals surface area contributed by atoms with Crippen molar-refractivity contribution >= 4 is 0 Å². The lowest BCUT2D eigenvalue weighted by molar-refractivity contribution is 0.0967. The summed E-state index contributed by atoms with van der Waals surface area (Å²) in [7, 11) is 0. The molecule has 1 rings (SSSR count). The van der Waals surface area contributed by atoms with Crippen LogP contribution in [-0.2, 0) is 0 Å². The van der Waals surface area contributed by atoms with Crippen LogP contribution < -0.4 is 5.73 Å². The van der Waals surface area contributed by atoms with Crippen LogP contribution >= 0.6 is 0 Å². The molecule has 2 N–H and O–H groups in total. The lowest BCUT2D eigenvalue weighted by Crippen LogP contribution is -2.45. The Labute approximate surface area is 108 Å². The van der Waals surface area contributed by atoms with Gasteiger partial charge in [0.15, 0.2) is 0 Å². The van der Waals surface area contributed by atoms with E-state index in [1.54, 1.807) is 0 Å². The SMILES string of the molecule is CCCCN(CC)CC1(CN)CCC(C)CC1. The zero-order valence-electron chi connectivity index (χ0n) is 12.2. The molecule has 0 aromatic heterocycles. The Hall–Kier alpha value is -0.0800. The second-order valence-corrected chi connectivity index (χ2v) is 6.11. The molecule has 1 saturated carbocycles. The van der Waals surface area contributed by atoms with Crippen LogP contribution in [0.25, 0.3) is 0 Å². The van der Waals surface area contributed by atoms with E-state index in [4.69, 9.17) is 5.73 Å². The van der Waals surface area contributed by atoms with Gasteiger partial charge in [0.05, 0.1) is 0 Å². The minimum Gasteiger partial charge on any atom is -0.330 e. The van der Waals surface area contributed by atoms with Gasteiger partial charge < -0.3 is 10.6 Å². The maximum atomic E-state index is 6.09. The summed E-state index contributed by atoms with van der Waals surface area (Å²) >= 11 is 0. The molecule has 102 valence electrons. The third kappa shape index (κ3) is 4.59. The fourth-order valence-corrected chi connectivity index (χ4v) is 3.01. The average Bonchev–Trinajstić information content (AvgIpc) is 2.37. The van der Waals surface area contributed by atoms with Crippen LogP contribution in [-0.4, -0.2) is 31.1 Å². The lowest BCUT2D eigenvalue weighted by atomic mass is 9.70. The van der Waals surface area contributed by atoms with Gasteiger partial charge in [0, 0.05) is 6.54 Å². The molecule has 0 saturated heterocycles. The molecule has 2 nitrogen and oxygen atoms in total. The Bertz CT molecular complexity index is 195. The molecule has 0 heterocycles. The zero-order chi connectivity index (χ0) is 12.7. The maximum absolute atomic E-state index is 6.09. The molecule has 1 fully saturated rings. The molecule has 1 aliphatic carbocycles. The molecule has 0 unspecified atom stereocenters. The first-order valence-electron chi connectivity index (χ1n) is 7.58. The van der Waals surface area contributed by atoms with E-state index in [0.29, 0.717) is 5.41 Å². The maximum Gasteiger partial charge on any atom is 0.00499 e. The zero-order valence-corrected chi connectivity index (χ0v) is 12.2. The Morgan fingerprint density at radius 3 is 2.35 bits per heavy atom. The molecular formula is C15H32N2. The first kappa shape index (κ1) is 15.0. The fourth-order valence-electron chi connectivity index (χ4n) is 3.01. The first-order chi connectivity index (χ1) is 8.15. The van der Waals surface area contributed by atoms with Gasteiger partial charge in [0.2, 0.25) is 0 Å². The highest BCUT2D eigenvalue weighted by atomic mass is 15.1. The fraction of sp³-hybridized carbons (Fsp3) is 1.00. The molecule has 2 heteroatoms. The standard InChI is InChI=1S/C15H32N2/c1-4-6-11-17(5-2)13-15(12-16)9-7-14(3)8-10-15/h14H,4-13,16H2,1-3H3. The van der Waals surface area contributed by atoms with E-state index in [2.05, 4.69) is 25.7 Å². The van der Waals surface area contributed by atoms with Crippen LogP contribution in [0, 0.1) is 11.3 Å². The summed E-state index contributed by atoms with van der Waals surface area (Å²) in [5.41, 5.74) is 6.52. The molecule has 0 aromatic rings. The third-order valence-corrected chi connectivity index (χ3v) is 4.60. The number of nitrogens with zero attached hydrogens (tertiary/aromatic N) is 1. The van der Waals surface area contributed by atoms with E-state index in [-0.39, 0.29) is 0 Å². The van der Waals surface area contributed by atoms with Crippen LogP contribution in [0.3, 0.4) is 0 Å². The highest BCUT2D eigenvalue weighted by molar-refractivity contribution is 4.88. The van der Waals surface area contributed by atoms with E-state index in [1.165, 1.54) is 58.2 Å². The molecule has 0 radical (unpaired) electrons. The molecule has 0 amide bonds. The lowest BCUT2D eigenvalue weighted by Gasteiger charge is -2.42. The highest BCUT2D eigenvalue weighted by Gasteiger charge is 2.34. The Kier molecular flexibility index (Phi) is 6.50. The Morgan fingerprint density at radius 1 is 1.24 bits per heavy atom. The number of hydrogen-bond donors (Lipinski definition) is 1. The molecule has 0 aromatic carbocycles. The van der Waals surface area contributed by atoms with Crippen LogP contribution in [0.1, 0.15) is 59.3 Å². The molecule has 17 heavy (non-hydrogen) atoms. The molecule has 0 aliphatic heterocycles. The second kappa shape index (κ2) is 7.38. The molecule has 0 atom stereocenters. The highest BCUT2D eigenvalue weighted by Crippen LogP contribution is 2.38. The summed E-state index contributed by atoms with van der Waals surface area (Å²) in [5.74, 6) is 0.917. The normalized spacial score (nSPS) is 29.8. The smallest absolute Gasteiger partial charge is 0.00499 e. The van der Waals surface area contributed by atoms with Crippen LogP contribution in [0.2, 0.25) is 0 Å². The van der Waals surface area contributed by atoms with Gasteiger partial charge in [-0.1, -0.05) is 40.0 Å². The van der Waals surface area contributed by atoms with Crippen LogP contribution in [0.4, 0.5) is 0 Å². The van der Waals surface area contributed by atoms with Crippen molar-refractivity contribution in [2.45, 2.75) is 59.3 Å². The van der Waals surface area contributed by atoms with Gasteiger partial charge in [-0.15, -0.1) is 0 Å². The van der Waals surface area contributed by atoms with Crippen molar-refractivity contribution in [2.24, 2.45) is 17.1 Å². The summed E-state index contributed by atoms with van der Waals surface area (Å²) < 4.78 is 0. The van der Waals surface area contributed by atoms with Crippen molar-refractivity contribution in [3.8, 4) is 0 Å². The average molecular weight is 240 g/mol. The van der Waals surface area contributed by atoms with E-state index in [0.717, 1.165) is 12.5 Å². The van der Waals surface area contributed by atoms with Crippen molar-refractivity contribution < 1.29 is 0 Å². The van der Waals surface area contributed by atoms with Crippen LogP contribution in [0.5, 0.6) is 0 Å². The van der Waals surface area contributed by atoms with E-state index in [1.807, 2.05) is 0 Å². The Balaban J connectivity index is 2.48. The number of nitrogens with two attached hydrogens (primary N) is 1. The topological polar surface area (TPSA) is 29.3 Å². The third-order valence-electron chi connectivity index (χ3n) is 4.60. The summed E-state index contributed by atoms with van der Waals surface area (Å²) in [6.45, 7) is 11.5. The van der Waals surface area contributed by atoms with Gasteiger partial charge in [-0.2, -0.15) is 0 Å². The van der Waals surface area contributed by atoms with Gasteiger partial charge in [0.1, 0.15) is 0 Å². The number of rotatable bonds is 7. The molecular weight excluding hydrogens is 208 g/mol. The molecule has 1 aliphatic rings. The second-order valence-electron chi connectivity index (χ2n) is 6.11. The van der Waals surface area contributed by atoms with Gasteiger partial charge >= 0.3 is 0 Å². The van der Waals surface area contributed by atoms with Crippen molar-refractivity contribution in [3.05, 3.63) is 0 Å². The monoisotopic (exact) mass is 240 g/mol. The van der Waals surface area contributed by atoms with Gasteiger partial charge in [-0.05, 0) is 50.2 Å².